The molecule has 3 saturated heterocycles. The predicted molar refractivity (Wildman–Crippen MR) is 252 cm³/mol. The van der Waals surface area contributed by atoms with Gasteiger partial charge in [0.15, 0.2) is 5.43 Å². The molecule has 8 rings (SSSR count). The molecule has 0 radical (unpaired) electrons. The number of nitrogens with two attached hydrogens (primary N) is 4. The lowest BCUT2D eigenvalue weighted by atomic mass is 9.86. The highest BCUT2D eigenvalue weighted by Crippen LogP contribution is 2.27. The highest BCUT2D eigenvalue weighted by Gasteiger charge is 2.33. The van der Waals surface area contributed by atoms with Crippen LogP contribution in [0.4, 0.5) is 28.1 Å². The molecule has 1 saturated carbocycles. The van der Waals surface area contributed by atoms with Crippen LogP contribution in [0.15, 0.2) is 78.1 Å². The van der Waals surface area contributed by atoms with Gasteiger partial charge in [-0.15, -0.1) is 5.01 Å². The zero-order chi connectivity index (χ0) is 47.6. The van der Waals surface area contributed by atoms with Crippen molar-refractivity contribution < 1.29 is 28.8 Å². The van der Waals surface area contributed by atoms with Gasteiger partial charge in [-0.25, -0.2) is 19.7 Å². The average Bonchev–Trinajstić information content (AvgIpc) is 3.17. The normalized spacial score (nSPS) is 15.1. The molecule has 11 N–H and O–H groups in total. The standard InChI is InChI=1S/C10H12N4O.C10H14N2O.C9H13N3O.C9H17NO3.C5H6N2O.CBrN/c1-12-14-5-8(6-14)7-15-9-2-3-13-10(11)4-9;11-10-6-9(4-5-12-10)13-7-8-2-1-3-8;10-9-3-8(1-2-12-9)13-6-7-4-11-5-7;1-9(2,3)13-8(12)10-4-7(5-10)6-11;6-5-3-4(8)1-2-7-5;2-1-3/h2-4,8H,5-7H2,(H2,11,13);4-6,8H,1-3,7H2,(H2,11,12);1-3,7,11H,4-6H2,(H2,10,12);7,11H,4-6H2,1-3H3;1-3H,(H3,6,7,8);. The number of nitriles is 1. The smallest absolute Gasteiger partial charge is 0.410 e. The van der Waals surface area contributed by atoms with Crippen molar-refractivity contribution in [2.45, 2.75) is 45.6 Å². The van der Waals surface area contributed by atoms with Gasteiger partial charge in [0.25, 0.3) is 0 Å². The number of rotatable bonds is 10. The molecule has 0 atom stereocenters. The van der Waals surface area contributed by atoms with E-state index < -0.39 is 5.60 Å². The van der Waals surface area contributed by atoms with Gasteiger partial charge in [0.1, 0.15) is 51.1 Å². The predicted octanol–water partition coefficient (Wildman–Crippen LogP) is 4.58. The first-order valence-corrected chi connectivity index (χ1v) is 21.8. The van der Waals surface area contributed by atoms with Crippen molar-refractivity contribution in [1.82, 2.24) is 35.2 Å². The number of aliphatic hydroxyl groups is 1. The number of nitrogens with zero attached hydrogens (tertiary/aromatic N) is 7. The van der Waals surface area contributed by atoms with Crippen molar-refractivity contribution in [3.8, 4) is 22.2 Å². The molecule has 7 heterocycles. The maximum atomic E-state index is 11.3. The highest BCUT2D eigenvalue weighted by atomic mass is 79.9. The van der Waals surface area contributed by atoms with Gasteiger partial charge in [0.05, 0.1) is 32.9 Å². The summed E-state index contributed by atoms with van der Waals surface area (Å²) in [5, 5.41) is 20.9. The number of aliphatic hydroxyl groups excluding tert-OH is 1. The van der Waals surface area contributed by atoms with Gasteiger partial charge in [0.2, 0.25) is 0 Å². The molecule has 65 heavy (non-hydrogen) atoms. The number of carbonyl (C=O) groups is 1. The quantitative estimate of drug-likeness (QED) is 0.107. The second kappa shape index (κ2) is 28.3. The molecule has 0 unspecified atom stereocenters. The second-order valence-corrected chi connectivity index (χ2v) is 16.7. The average molecular weight is 965 g/mol. The third-order valence-corrected chi connectivity index (χ3v) is 9.55. The highest BCUT2D eigenvalue weighted by molar-refractivity contribution is 9.12. The number of halogens is 1. The van der Waals surface area contributed by atoms with E-state index in [4.69, 9.17) is 58.8 Å². The van der Waals surface area contributed by atoms with Gasteiger partial charge in [-0.3, -0.25) is 4.79 Å². The fourth-order valence-electron chi connectivity index (χ4n) is 5.67. The SMILES string of the molecule is CC(C)(C)OC(=O)N1CC(CO)C1.N#CBr.Nc1cc(=O)cc[nH]1.Nc1cc(OCC2CCC2)ccn1.Nc1cc(OCC2CNC2)ccn1.[C-]#[N+]N1CC(COc2ccnc(N)c2)C1. The number of nitrogens with one attached hydrogen (secondary N) is 2. The largest absolute Gasteiger partial charge is 0.493 e. The fourth-order valence-corrected chi connectivity index (χ4v) is 5.67. The number of amides is 1. The van der Waals surface area contributed by atoms with Crippen LogP contribution in [-0.2, 0) is 4.74 Å². The molecular formula is C44H62BrN13O7. The summed E-state index contributed by atoms with van der Waals surface area (Å²) in [6.45, 7) is 19.6. The van der Waals surface area contributed by atoms with Crippen molar-refractivity contribution in [3.63, 3.8) is 0 Å². The van der Waals surface area contributed by atoms with Gasteiger partial charge in [-0.05, 0) is 57.7 Å². The summed E-state index contributed by atoms with van der Waals surface area (Å²) in [6.07, 6.45) is 10.1. The Labute approximate surface area is 388 Å². The number of H-pyrrole nitrogens is 1. The van der Waals surface area contributed by atoms with E-state index in [1.807, 2.05) is 32.9 Å². The number of hydrogen-bond donors (Lipinski definition) is 7. The molecule has 4 aromatic rings. The summed E-state index contributed by atoms with van der Waals surface area (Å²) in [5.74, 6) is 6.36. The molecule has 352 valence electrons. The minimum Gasteiger partial charge on any atom is -0.493 e. The summed E-state index contributed by atoms with van der Waals surface area (Å²) < 4.78 is 21.8. The lowest BCUT2D eigenvalue weighted by Gasteiger charge is -2.38. The van der Waals surface area contributed by atoms with Gasteiger partial charge in [0, 0.05) is 122 Å². The van der Waals surface area contributed by atoms with Crippen LogP contribution in [0.1, 0.15) is 40.0 Å². The van der Waals surface area contributed by atoms with Gasteiger partial charge >= 0.3 is 6.09 Å². The summed E-state index contributed by atoms with van der Waals surface area (Å²) >= 11 is 2.45. The van der Waals surface area contributed by atoms with Crippen molar-refractivity contribution in [1.29, 1.82) is 5.26 Å². The van der Waals surface area contributed by atoms with Crippen molar-refractivity contribution in [2.75, 3.05) is 88.6 Å². The van der Waals surface area contributed by atoms with E-state index >= 15 is 0 Å². The Morgan fingerprint density at radius 2 is 1.31 bits per heavy atom. The summed E-state index contributed by atoms with van der Waals surface area (Å²) in [7, 11) is 0. The lowest BCUT2D eigenvalue weighted by Crippen LogP contribution is -2.52. The molecule has 0 spiro atoms. The molecule has 1 aliphatic carbocycles. The molecule has 3 aliphatic heterocycles. The Morgan fingerprint density at radius 1 is 0.831 bits per heavy atom. The second-order valence-electron chi connectivity index (χ2n) is 16.3. The van der Waals surface area contributed by atoms with E-state index in [0.717, 1.165) is 62.6 Å². The Balaban J connectivity index is 0.000000215. The maximum Gasteiger partial charge on any atom is 0.410 e. The number of ether oxygens (including phenoxy) is 4. The Morgan fingerprint density at radius 3 is 1.65 bits per heavy atom. The third-order valence-electron chi connectivity index (χ3n) is 9.55. The fraction of sp³-hybridized carbons (Fsp3) is 0.477. The minimum absolute atomic E-state index is 0.0683. The van der Waals surface area contributed by atoms with Gasteiger partial charge in [-0.2, -0.15) is 16.8 Å². The van der Waals surface area contributed by atoms with Gasteiger partial charge < -0.3 is 62.2 Å². The number of pyridine rings is 4. The molecule has 1 amide bonds. The first kappa shape index (κ1) is 52.8. The van der Waals surface area contributed by atoms with E-state index in [2.05, 4.69) is 46.1 Å². The number of carbonyl (C=O) groups excluding carboxylic acids is 1. The third kappa shape index (κ3) is 22.1. The van der Waals surface area contributed by atoms with E-state index in [9.17, 15) is 9.59 Å². The van der Waals surface area contributed by atoms with E-state index in [0.29, 0.717) is 54.8 Å². The molecule has 21 heteroatoms. The van der Waals surface area contributed by atoms with Crippen LogP contribution < -0.4 is 47.9 Å². The van der Waals surface area contributed by atoms with Crippen molar-refractivity contribution >= 4 is 45.3 Å². The molecule has 4 aliphatic rings. The molecule has 0 aromatic carbocycles. The van der Waals surface area contributed by atoms with Crippen LogP contribution in [-0.4, -0.2) is 112 Å². The van der Waals surface area contributed by atoms with E-state index in [-0.39, 0.29) is 24.0 Å². The first-order chi connectivity index (χ1) is 31.1. The zero-order valence-electron chi connectivity index (χ0n) is 37.1. The molecule has 4 aromatic heterocycles. The van der Waals surface area contributed by atoms with Crippen LogP contribution in [0.25, 0.3) is 4.95 Å². The number of aromatic amines is 1. The van der Waals surface area contributed by atoms with Crippen molar-refractivity contribution in [3.05, 3.63) is 95.1 Å². The molecule has 0 bridgehead atoms. The number of hydrogen-bond acceptors (Lipinski definition) is 17. The lowest BCUT2D eigenvalue weighted by molar-refractivity contribution is -0.00973. The molecule has 4 fully saturated rings. The minimum atomic E-state index is -0.429. The summed E-state index contributed by atoms with van der Waals surface area (Å²) in [4.78, 5) is 42.5. The van der Waals surface area contributed by atoms with Crippen LogP contribution in [0.3, 0.4) is 0 Å². The zero-order valence-corrected chi connectivity index (χ0v) is 38.7. The monoisotopic (exact) mass is 963 g/mol. The van der Waals surface area contributed by atoms with Crippen LogP contribution in [0.2, 0.25) is 0 Å². The molecule has 20 nitrogen and oxygen atoms in total. The Kier molecular flexibility index (Phi) is 23.0. The summed E-state index contributed by atoms with van der Waals surface area (Å²) in [6, 6.07) is 13.4. The van der Waals surface area contributed by atoms with Crippen LogP contribution in [0, 0.1) is 40.5 Å². The number of aromatic nitrogens is 4. The first-order valence-electron chi connectivity index (χ1n) is 21.0. The van der Waals surface area contributed by atoms with Crippen molar-refractivity contribution in [2.24, 2.45) is 23.7 Å². The van der Waals surface area contributed by atoms with Gasteiger partial charge in [-0.1, -0.05) is 6.42 Å². The Bertz CT molecular complexity index is 2090. The van der Waals surface area contributed by atoms with Crippen LogP contribution in [0.5, 0.6) is 17.2 Å². The number of anilines is 4. The molecular weight excluding hydrogens is 902 g/mol. The summed E-state index contributed by atoms with van der Waals surface area (Å²) in [5.41, 5.74) is 21.2. The number of nitrogen functional groups attached to an aromatic ring is 4. The van der Waals surface area contributed by atoms with E-state index in [1.54, 1.807) is 57.7 Å². The Hall–Kier alpha value is -6.55. The van der Waals surface area contributed by atoms with E-state index in [1.165, 1.54) is 37.6 Å². The maximum absolute atomic E-state index is 11.3. The number of likely N-dealkylation sites (tertiary alicyclic amines) is 1. The van der Waals surface area contributed by atoms with Crippen LogP contribution >= 0.6 is 15.9 Å². The topological polar surface area (TPSA) is 296 Å².